The first-order valence-corrected chi connectivity index (χ1v) is 12.0. The maximum atomic E-state index is 12.9. The van der Waals surface area contributed by atoms with E-state index in [9.17, 15) is 15.0 Å². The molecule has 6 nitrogen and oxygen atoms in total. The zero-order chi connectivity index (χ0) is 21.1. The molecule has 1 fully saturated rings. The van der Waals surface area contributed by atoms with Crippen molar-refractivity contribution >= 4 is 40.3 Å². The van der Waals surface area contributed by atoms with Crippen molar-refractivity contribution in [3.8, 4) is 0 Å². The van der Waals surface area contributed by atoms with Crippen molar-refractivity contribution in [1.82, 2.24) is 5.32 Å². The largest absolute Gasteiger partial charge is 0.390 e. The fourth-order valence-electron chi connectivity index (χ4n) is 3.85. The van der Waals surface area contributed by atoms with Gasteiger partial charge in [-0.1, -0.05) is 48.2 Å². The minimum absolute atomic E-state index is 0.117. The first kappa shape index (κ1) is 21.2. The summed E-state index contributed by atoms with van der Waals surface area (Å²) in [5.74, 6) is -0.546. The molecule has 0 radical (unpaired) electrons. The van der Waals surface area contributed by atoms with Crippen LogP contribution in [0.25, 0.3) is 0 Å². The summed E-state index contributed by atoms with van der Waals surface area (Å²) in [7, 11) is 0. The number of hydrogen-bond donors (Lipinski definition) is 4. The number of carbonyl (C=O) groups is 1. The Balaban J connectivity index is 1.45. The molecule has 5 atom stereocenters. The van der Waals surface area contributed by atoms with Crippen molar-refractivity contribution in [2.75, 3.05) is 11.6 Å². The van der Waals surface area contributed by atoms with E-state index in [2.05, 4.69) is 15.6 Å². The number of nitrogens with zero attached hydrogens (tertiary/aromatic N) is 1. The van der Waals surface area contributed by atoms with Gasteiger partial charge in [0.1, 0.15) is 6.10 Å². The average molecular weight is 444 g/mol. The van der Waals surface area contributed by atoms with Crippen LogP contribution in [0.1, 0.15) is 12.0 Å². The normalized spacial score (nSPS) is 27.8. The van der Waals surface area contributed by atoms with Crippen molar-refractivity contribution < 1.29 is 15.0 Å². The number of benzene rings is 2. The maximum absolute atomic E-state index is 12.9. The molecule has 30 heavy (non-hydrogen) atoms. The van der Waals surface area contributed by atoms with Gasteiger partial charge in [0.05, 0.1) is 18.1 Å². The van der Waals surface area contributed by atoms with Crippen molar-refractivity contribution in [3.05, 3.63) is 60.2 Å². The van der Waals surface area contributed by atoms with Gasteiger partial charge < -0.3 is 20.8 Å². The Morgan fingerprint density at radius 2 is 2.00 bits per heavy atom. The number of nitrogens with one attached hydrogen (secondary N) is 2. The van der Waals surface area contributed by atoms with Gasteiger partial charge in [0.25, 0.3) is 0 Å². The molecule has 5 unspecified atom stereocenters. The Labute approximate surface area is 184 Å². The Hall–Kier alpha value is -2.00. The molecule has 1 amide bonds. The molecule has 0 bridgehead atoms. The van der Waals surface area contributed by atoms with Gasteiger partial charge in [-0.25, -0.2) is 0 Å². The summed E-state index contributed by atoms with van der Waals surface area (Å²) in [5.41, 5.74) is 1.93. The number of thioether (sulfide) groups is 2. The fourth-order valence-corrected chi connectivity index (χ4v) is 5.69. The molecule has 1 heterocycles. The highest BCUT2D eigenvalue weighted by Crippen LogP contribution is 2.41. The second-order valence-electron chi connectivity index (χ2n) is 7.47. The first-order chi connectivity index (χ1) is 14.5. The lowest BCUT2D eigenvalue weighted by molar-refractivity contribution is -0.129. The molecule has 2 aromatic carbocycles. The van der Waals surface area contributed by atoms with E-state index >= 15 is 0 Å². The third-order valence-electron chi connectivity index (χ3n) is 5.45. The Morgan fingerprint density at radius 1 is 1.20 bits per heavy atom. The maximum Gasteiger partial charge on any atom is 0.224 e. The molecule has 4 rings (SSSR count). The number of fused-ring (bicyclic) bond motifs is 1. The van der Waals surface area contributed by atoms with E-state index in [1.54, 1.807) is 11.8 Å². The average Bonchev–Trinajstić information content (AvgIpc) is 3.19. The van der Waals surface area contributed by atoms with Crippen LogP contribution >= 0.6 is 23.5 Å². The highest BCUT2D eigenvalue weighted by molar-refractivity contribution is 8.15. The number of aliphatic hydroxyl groups is 2. The summed E-state index contributed by atoms with van der Waals surface area (Å²) in [6.45, 7) is 0.435. The Bertz CT molecular complexity index is 925. The molecule has 2 aliphatic rings. The smallest absolute Gasteiger partial charge is 0.224 e. The lowest BCUT2D eigenvalue weighted by Gasteiger charge is -2.37. The molecular weight excluding hydrogens is 418 g/mol. The molecule has 0 aromatic heterocycles. The quantitative estimate of drug-likeness (QED) is 0.531. The number of amidine groups is 1. The molecule has 1 aliphatic heterocycles. The van der Waals surface area contributed by atoms with Crippen molar-refractivity contribution in [2.24, 2.45) is 10.9 Å². The second-order valence-corrected chi connectivity index (χ2v) is 9.51. The number of carbonyl (C=O) groups excluding carboxylic acids is 1. The summed E-state index contributed by atoms with van der Waals surface area (Å²) >= 11 is 3.12. The number of aliphatic imine (C=N–C) groups is 1. The van der Waals surface area contributed by atoms with Crippen LogP contribution in [0.2, 0.25) is 0 Å². The zero-order valence-electron chi connectivity index (χ0n) is 16.6. The summed E-state index contributed by atoms with van der Waals surface area (Å²) < 4.78 is 0. The van der Waals surface area contributed by atoms with Crippen LogP contribution in [0.4, 0.5) is 5.69 Å². The van der Waals surface area contributed by atoms with E-state index in [-0.39, 0.29) is 17.6 Å². The van der Waals surface area contributed by atoms with Crippen LogP contribution in [-0.2, 0) is 11.3 Å². The summed E-state index contributed by atoms with van der Waals surface area (Å²) in [5, 5.41) is 27.6. The van der Waals surface area contributed by atoms with Crippen LogP contribution in [0.5, 0.6) is 0 Å². The number of amides is 1. The van der Waals surface area contributed by atoms with E-state index in [1.165, 1.54) is 11.8 Å². The predicted octanol–water partition coefficient (Wildman–Crippen LogP) is 2.72. The fraction of sp³-hybridized carbons (Fsp3) is 0.364. The molecule has 1 saturated carbocycles. The Morgan fingerprint density at radius 3 is 2.77 bits per heavy atom. The standard InChI is InChI=1S/C22H25N3O3S2/c1-29-15-9-5-8-14(10-15)24-22-25-18-19(27)17(26)11-16(20(18)30-22)21(28)23-12-13-6-3-2-4-7-13/h2-10,16-20,26-27H,11-12H2,1H3,(H,23,28)(H,24,25). The summed E-state index contributed by atoms with van der Waals surface area (Å²) in [6.07, 6.45) is 0.298. The number of hydrogen-bond acceptors (Lipinski definition) is 7. The van der Waals surface area contributed by atoms with Gasteiger partial charge in [0.15, 0.2) is 5.17 Å². The predicted molar refractivity (Wildman–Crippen MR) is 123 cm³/mol. The van der Waals surface area contributed by atoms with E-state index in [0.717, 1.165) is 16.1 Å². The monoisotopic (exact) mass is 443 g/mol. The van der Waals surface area contributed by atoms with E-state index in [4.69, 9.17) is 0 Å². The molecule has 1 aliphatic carbocycles. The van der Waals surface area contributed by atoms with Gasteiger partial charge in [0, 0.05) is 22.4 Å². The molecule has 2 aromatic rings. The van der Waals surface area contributed by atoms with Gasteiger partial charge in [-0.15, -0.1) is 11.8 Å². The molecule has 0 saturated heterocycles. The van der Waals surface area contributed by atoms with E-state index in [1.807, 2.05) is 60.9 Å². The van der Waals surface area contributed by atoms with Crippen molar-refractivity contribution in [2.45, 2.75) is 41.4 Å². The Kier molecular flexibility index (Phi) is 6.67. The van der Waals surface area contributed by atoms with Gasteiger partial charge in [-0.05, 0) is 36.4 Å². The first-order valence-electron chi connectivity index (χ1n) is 9.88. The minimum atomic E-state index is -0.975. The van der Waals surface area contributed by atoms with Crippen LogP contribution in [-0.4, -0.2) is 51.0 Å². The van der Waals surface area contributed by atoms with Gasteiger partial charge in [-0.2, -0.15) is 0 Å². The zero-order valence-corrected chi connectivity index (χ0v) is 18.2. The SMILES string of the molecule is CSc1cccc(NC2=NC3C(O)C(O)CC(C(=O)NCc4ccccc4)C3S2)c1. The molecule has 0 spiro atoms. The molecule has 4 N–H and O–H groups in total. The van der Waals surface area contributed by atoms with Crippen molar-refractivity contribution in [3.63, 3.8) is 0 Å². The molecular formula is C22H25N3O3S2. The number of rotatable bonds is 5. The van der Waals surface area contributed by atoms with Crippen LogP contribution in [0.3, 0.4) is 0 Å². The molecule has 158 valence electrons. The minimum Gasteiger partial charge on any atom is -0.390 e. The lowest BCUT2D eigenvalue weighted by Crippen LogP contribution is -2.53. The summed E-state index contributed by atoms with van der Waals surface area (Å²) in [6, 6.07) is 17.2. The highest BCUT2D eigenvalue weighted by Gasteiger charge is 2.50. The van der Waals surface area contributed by atoms with Crippen LogP contribution in [0.15, 0.2) is 64.5 Å². The number of anilines is 1. The van der Waals surface area contributed by atoms with Crippen LogP contribution < -0.4 is 10.6 Å². The second kappa shape index (κ2) is 9.43. The third-order valence-corrected chi connectivity index (χ3v) is 7.49. The third kappa shape index (κ3) is 4.67. The topological polar surface area (TPSA) is 94.0 Å². The lowest BCUT2D eigenvalue weighted by atomic mass is 9.81. The van der Waals surface area contributed by atoms with E-state index in [0.29, 0.717) is 11.7 Å². The van der Waals surface area contributed by atoms with Crippen molar-refractivity contribution in [1.29, 1.82) is 0 Å². The number of aliphatic hydroxyl groups excluding tert-OH is 2. The van der Waals surface area contributed by atoms with Gasteiger partial charge >= 0.3 is 0 Å². The molecule has 8 heteroatoms. The van der Waals surface area contributed by atoms with Gasteiger partial charge in [0.2, 0.25) is 5.91 Å². The summed E-state index contributed by atoms with van der Waals surface area (Å²) in [4.78, 5) is 18.7. The van der Waals surface area contributed by atoms with Gasteiger partial charge in [-0.3, -0.25) is 9.79 Å². The van der Waals surface area contributed by atoms with Crippen LogP contribution in [0, 0.1) is 5.92 Å². The van der Waals surface area contributed by atoms with E-state index < -0.39 is 24.2 Å². The highest BCUT2D eigenvalue weighted by atomic mass is 32.2.